The van der Waals surface area contributed by atoms with Crippen molar-refractivity contribution in [2.24, 2.45) is 0 Å². The van der Waals surface area contributed by atoms with Gasteiger partial charge < -0.3 is 9.15 Å². The standard InChI is InChI=1S/C16H11NO5/c1-21-13-6-3-10(4-7-13)14-8-11-2-5-12(17(19)20)9-15(11)22-16(14)18/h2-9H,1H3. The van der Waals surface area contributed by atoms with Crippen LogP contribution in [-0.2, 0) is 0 Å². The van der Waals surface area contributed by atoms with Crippen LogP contribution >= 0.6 is 0 Å². The van der Waals surface area contributed by atoms with Crippen LogP contribution in [0.25, 0.3) is 22.1 Å². The first kappa shape index (κ1) is 13.8. The van der Waals surface area contributed by atoms with Crippen LogP contribution < -0.4 is 10.4 Å². The first-order chi connectivity index (χ1) is 10.6. The number of methoxy groups -OCH3 is 1. The van der Waals surface area contributed by atoms with Crippen LogP contribution in [0.5, 0.6) is 5.75 Å². The first-order valence-corrected chi connectivity index (χ1v) is 6.45. The molecule has 22 heavy (non-hydrogen) atoms. The molecule has 1 aromatic heterocycles. The number of nitro groups is 1. The number of ether oxygens (including phenoxy) is 1. The molecule has 0 fully saturated rings. The zero-order valence-electron chi connectivity index (χ0n) is 11.6. The Morgan fingerprint density at radius 3 is 2.45 bits per heavy atom. The molecule has 0 spiro atoms. The fourth-order valence-electron chi connectivity index (χ4n) is 2.19. The van der Waals surface area contributed by atoms with Crippen LogP contribution in [0.15, 0.2) is 57.7 Å². The lowest BCUT2D eigenvalue weighted by Crippen LogP contribution is -2.02. The molecule has 0 bridgehead atoms. The van der Waals surface area contributed by atoms with E-state index in [0.29, 0.717) is 22.3 Å². The molecule has 0 saturated carbocycles. The second-order valence-electron chi connectivity index (χ2n) is 4.66. The number of nitrogens with zero attached hydrogens (tertiary/aromatic N) is 1. The Bertz CT molecular complexity index is 912. The Kier molecular flexibility index (Phi) is 3.34. The van der Waals surface area contributed by atoms with Crippen LogP contribution in [0, 0.1) is 10.1 Å². The molecule has 0 radical (unpaired) electrons. The van der Waals surface area contributed by atoms with E-state index in [1.54, 1.807) is 43.5 Å². The van der Waals surface area contributed by atoms with Gasteiger partial charge in [-0.05, 0) is 29.8 Å². The van der Waals surface area contributed by atoms with Gasteiger partial charge in [0, 0.05) is 11.5 Å². The molecular weight excluding hydrogens is 286 g/mol. The fourth-order valence-corrected chi connectivity index (χ4v) is 2.19. The largest absolute Gasteiger partial charge is 0.497 e. The molecule has 0 amide bonds. The molecule has 110 valence electrons. The van der Waals surface area contributed by atoms with Gasteiger partial charge in [0.05, 0.1) is 23.7 Å². The number of non-ortho nitro benzene ring substituents is 1. The van der Waals surface area contributed by atoms with Crippen LogP contribution in [-0.4, -0.2) is 12.0 Å². The second kappa shape index (κ2) is 5.33. The number of fused-ring (bicyclic) bond motifs is 1. The molecule has 1 heterocycles. The van der Waals surface area contributed by atoms with Crippen molar-refractivity contribution in [3.8, 4) is 16.9 Å². The van der Waals surface area contributed by atoms with E-state index in [-0.39, 0.29) is 11.3 Å². The van der Waals surface area contributed by atoms with Crippen molar-refractivity contribution in [1.29, 1.82) is 0 Å². The van der Waals surface area contributed by atoms with Crippen LogP contribution in [0.4, 0.5) is 5.69 Å². The smallest absolute Gasteiger partial charge is 0.344 e. The molecule has 3 aromatic rings. The number of rotatable bonds is 3. The molecule has 0 aliphatic heterocycles. The maximum atomic E-state index is 12.1. The first-order valence-electron chi connectivity index (χ1n) is 6.45. The normalized spacial score (nSPS) is 10.6. The van der Waals surface area contributed by atoms with E-state index >= 15 is 0 Å². The zero-order valence-corrected chi connectivity index (χ0v) is 11.6. The van der Waals surface area contributed by atoms with Crippen molar-refractivity contribution in [3.63, 3.8) is 0 Å². The molecule has 3 rings (SSSR count). The average molecular weight is 297 g/mol. The molecule has 6 nitrogen and oxygen atoms in total. The molecule has 0 saturated heterocycles. The molecule has 0 aliphatic carbocycles. The van der Waals surface area contributed by atoms with E-state index < -0.39 is 10.5 Å². The highest BCUT2D eigenvalue weighted by Gasteiger charge is 2.12. The highest BCUT2D eigenvalue weighted by atomic mass is 16.6. The van der Waals surface area contributed by atoms with Gasteiger partial charge in [-0.15, -0.1) is 0 Å². The summed E-state index contributed by atoms with van der Waals surface area (Å²) in [6.45, 7) is 0. The van der Waals surface area contributed by atoms with Gasteiger partial charge in [-0.3, -0.25) is 10.1 Å². The lowest BCUT2D eigenvalue weighted by atomic mass is 10.1. The lowest BCUT2D eigenvalue weighted by molar-refractivity contribution is -0.384. The molecule has 0 aliphatic rings. The number of nitro benzene ring substituents is 1. The van der Waals surface area contributed by atoms with Crippen molar-refractivity contribution in [1.82, 2.24) is 0 Å². The van der Waals surface area contributed by atoms with Crippen LogP contribution in [0.2, 0.25) is 0 Å². The highest BCUT2D eigenvalue weighted by Crippen LogP contribution is 2.25. The summed E-state index contributed by atoms with van der Waals surface area (Å²) >= 11 is 0. The zero-order chi connectivity index (χ0) is 15.7. The highest BCUT2D eigenvalue weighted by molar-refractivity contribution is 5.83. The summed E-state index contributed by atoms with van der Waals surface area (Å²) in [5, 5.41) is 11.4. The van der Waals surface area contributed by atoms with E-state index in [4.69, 9.17) is 9.15 Å². The quantitative estimate of drug-likeness (QED) is 0.420. The molecular formula is C16H11NO5. The van der Waals surface area contributed by atoms with Crippen molar-refractivity contribution >= 4 is 16.7 Å². The van der Waals surface area contributed by atoms with E-state index in [0.717, 1.165) is 0 Å². The molecule has 6 heteroatoms. The molecule has 0 atom stereocenters. The topological polar surface area (TPSA) is 82.6 Å². The predicted octanol–water partition coefficient (Wildman–Crippen LogP) is 3.38. The fraction of sp³-hybridized carbons (Fsp3) is 0.0625. The number of benzene rings is 2. The summed E-state index contributed by atoms with van der Waals surface area (Å²) in [6.07, 6.45) is 0. The van der Waals surface area contributed by atoms with E-state index in [2.05, 4.69) is 0 Å². The predicted molar refractivity (Wildman–Crippen MR) is 81.1 cm³/mol. The Hall–Kier alpha value is -3.15. The summed E-state index contributed by atoms with van der Waals surface area (Å²) in [4.78, 5) is 22.3. The summed E-state index contributed by atoms with van der Waals surface area (Å²) in [5.74, 6) is 0.685. The van der Waals surface area contributed by atoms with E-state index in [9.17, 15) is 14.9 Å². The second-order valence-corrected chi connectivity index (χ2v) is 4.66. The van der Waals surface area contributed by atoms with Gasteiger partial charge in [-0.1, -0.05) is 12.1 Å². The summed E-state index contributed by atoms with van der Waals surface area (Å²) in [7, 11) is 1.56. The van der Waals surface area contributed by atoms with Crippen molar-refractivity contribution in [2.45, 2.75) is 0 Å². The Balaban J connectivity index is 2.14. The Labute approximate surface area is 124 Å². The van der Waals surface area contributed by atoms with Gasteiger partial charge in [0.25, 0.3) is 5.69 Å². The average Bonchev–Trinajstić information content (AvgIpc) is 2.53. The lowest BCUT2D eigenvalue weighted by Gasteiger charge is -2.04. The number of hydrogen-bond donors (Lipinski definition) is 0. The molecule has 0 unspecified atom stereocenters. The maximum absolute atomic E-state index is 12.1. The van der Waals surface area contributed by atoms with Gasteiger partial charge in [0.2, 0.25) is 0 Å². The van der Waals surface area contributed by atoms with Gasteiger partial charge in [-0.25, -0.2) is 4.79 Å². The Morgan fingerprint density at radius 2 is 1.82 bits per heavy atom. The van der Waals surface area contributed by atoms with Gasteiger partial charge >= 0.3 is 5.63 Å². The minimum atomic E-state index is -0.543. The van der Waals surface area contributed by atoms with Gasteiger partial charge in [-0.2, -0.15) is 0 Å². The van der Waals surface area contributed by atoms with Crippen molar-refractivity contribution in [3.05, 3.63) is 69.1 Å². The minimum Gasteiger partial charge on any atom is -0.497 e. The van der Waals surface area contributed by atoms with Crippen LogP contribution in [0.1, 0.15) is 0 Å². The van der Waals surface area contributed by atoms with Crippen LogP contribution in [0.3, 0.4) is 0 Å². The maximum Gasteiger partial charge on any atom is 0.344 e. The van der Waals surface area contributed by atoms with E-state index in [1.807, 2.05) is 0 Å². The number of hydrogen-bond acceptors (Lipinski definition) is 5. The third kappa shape index (κ3) is 2.42. The minimum absolute atomic E-state index is 0.118. The summed E-state index contributed by atoms with van der Waals surface area (Å²) in [5.41, 5.74) is 0.612. The molecule has 0 N–H and O–H groups in total. The van der Waals surface area contributed by atoms with Crippen molar-refractivity contribution < 1.29 is 14.1 Å². The Morgan fingerprint density at radius 1 is 1.09 bits per heavy atom. The SMILES string of the molecule is COc1ccc(-c2cc3ccc([N+](=O)[O-])cc3oc2=O)cc1. The monoisotopic (exact) mass is 297 g/mol. The van der Waals surface area contributed by atoms with Gasteiger partial charge in [0.15, 0.2) is 0 Å². The summed E-state index contributed by atoms with van der Waals surface area (Å²) in [6, 6.07) is 12.8. The van der Waals surface area contributed by atoms with E-state index in [1.165, 1.54) is 12.1 Å². The molecule has 2 aromatic carbocycles. The third-order valence-corrected chi connectivity index (χ3v) is 3.33. The van der Waals surface area contributed by atoms with Gasteiger partial charge in [0.1, 0.15) is 11.3 Å². The summed E-state index contributed by atoms with van der Waals surface area (Å²) < 4.78 is 10.3. The van der Waals surface area contributed by atoms with Crippen molar-refractivity contribution in [2.75, 3.05) is 7.11 Å². The third-order valence-electron chi connectivity index (χ3n) is 3.33.